The summed E-state index contributed by atoms with van der Waals surface area (Å²) in [5.74, 6) is 0.273. The molecule has 0 saturated heterocycles. The molecule has 76 valence electrons. The zero-order chi connectivity index (χ0) is 10.3. The first kappa shape index (κ1) is 12.4. The lowest BCUT2D eigenvalue weighted by molar-refractivity contribution is -0.115. The highest BCUT2D eigenvalue weighted by Gasteiger charge is 2.05. The molecular weight excluding hydrogens is 162 g/mol. The molecule has 0 saturated carbocycles. The van der Waals surface area contributed by atoms with E-state index in [1.807, 2.05) is 19.9 Å². The first-order chi connectivity index (χ1) is 6.15. The molecule has 0 aromatic rings. The molecule has 0 amide bonds. The van der Waals surface area contributed by atoms with Crippen molar-refractivity contribution in [3.63, 3.8) is 0 Å². The van der Waals surface area contributed by atoms with Crippen molar-refractivity contribution >= 4 is 5.78 Å². The molecule has 0 aromatic carbocycles. The Balaban J connectivity index is 3.81. The second-order valence-electron chi connectivity index (χ2n) is 3.17. The maximum Gasteiger partial charge on any atom is 0.159 e. The van der Waals surface area contributed by atoms with Crippen LogP contribution in [0.1, 0.15) is 34.1 Å². The first-order valence-corrected chi connectivity index (χ1v) is 5.04. The van der Waals surface area contributed by atoms with Gasteiger partial charge in [-0.1, -0.05) is 19.9 Å². The van der Waals surface area contributed by atoms with Crippen LogP contribution in [0, 0.1) is 0 Å². The van der Waals surface area contributed by atoms with Gasteiger partial charge in [-0.25, -0.2) is 0 Å². The smallest absolute Gasteiger partial charge is 0.159 e. The molecule has 2 heteroatoms. The van der Waals surface area contributed by atoms with E-state index in [0.717, 1.165) is 25.2 Å². The lowest BCUT2D eigenvalue weighted by Crippen LogP contribution is -2.25. The van der Waals surface area contributed by atoms with E-state index in [4.69, 9.17) is 0 Å². The minimum atomic E-state index is 0.273. The van der Waals surface area contributed by atoms with E-state index in [2.05, 4.69) is 18.7 Å². The monoisotopic (exact) mass is 183 g/mol. The molecule has 0 aliphatic rings. The third-order valence-electron chi connectivity index (χ3n) is 2.42. The molecule has 13 heavy (non-hydrogen) atoms. The van der Waals surface area contributed by atoms with Crippen LogP contribution >= 0.6 is 0 Å². The van der Waals surface area contributed by atoms with Crippen molar-refractivity contribution in [2.45, 2.75) is 34.1 Å². The molecule has 0 unspecified atom stereocenters. The SMILES string of the molecule is C/C=C(\C)C(=O)CCN(CC)CC. The molecule has 0 rings (SSSR count). The zero-order valence-electron chi connectivity index (χ0n) is 9.26. The summed E-state index contributed by atoms with van der Waals surface area (Å²) in [6.07, 6.45) is 2.53. The van der Waals surface area contributed by atoms with Gasteiger partial charge in [0, 0.05) is 13.0 Å². The Bertz CT molecular complexity index is 181. The van der Waals surface area contributed by atoms with Crippen molar-refractivity contribution in [3.05, 3.63) is 11.6 Å². The van der Waals surface area contributed by atoms with Gasteiger partial charge in [-0.2, -0.15) is 0 Å². The van der Waals surface area contributed by atoms with Crippen LogP contribution in [-0.4, -0.2) is 30.3 Å². The number of nitrogens with zero attached hydrogens (tertiary/aromatic N) is 1. The van der Waals surface area contributed by atoms with Gasteiger partial charge in [-0.15, -0.1) is 0 Å². The Morgan fingerprint density at radius 2 is 1.85 bits per heavy atom. The van der Waals surface area contributed by atoms with Crippen molar-refractivity contribution in [2.75, 3.05) is 19.6 Å². The average Bonchev–Trinajstić information content (AvgIpc) is 2.17. The molecule has 0 atom stereocenters. The number of hydrogen-bond acceptors (Lipinski definition) is 2. The fraction of sp³-hybridized carbons (Fsp3) is 0.727. The number of Topliss-reactive ketones (excluding diaryl/α,β-unsaturated/α-hetero) is 1. The second kappa shape index (κ2) is 6.84. The Labute approximate surface area is 81.6 Å². The van der Waals surface area contributed by atoms with Gasteiger partial charge in [0.15, 0.2) is 5.78 Å². The maximum absolute atomic E-state index is 11.4. The number of rotatable bonds is 6. The first-order valence-electron chi connectivity index (χ1n) is 5.04. The number of hydrogen-bond donors (Lipinski definition) is 0. The summed E-state index contributed by atoms with van der Waals surface area (Å²) in [6, 6.07) is 0. The number of carbonyl (C=O) groups excluding carboxylic acids is 1. The highest BCUT2D eigenvalue weighted by molar-refractivity contribution is 5.94. The molecule has 0 bridgehead atoms. The van der Waals surface area contributed by atoms with Crippen LogP contribution in [0.2, 0.25) is 0 Å². The van der Waals surface area contributed by atoms with Crippen LogP contribution in [0.3, 0.4) is 0 Å². The van der Waals surface area contributed by atoms with Crippen molar-refractivity contribution in [1.82, 2.24) is 4.90 Å². The quantitative estimate of drug-likeness (QED) is 0.589. The Hall–Kier alpha value is -0.630. The zero-order valence-corrected chi connectivity index (χ0v) is 9.26. The number of allylic oxidation sites excluding steroid dienone is 2. The standard InChI is InChI=1S/C11H21NO/c1-5-10(4)11(13)8-9-12(6-2)7-3/h5H,6-9H2,1-4H3/b10-5+. The summed E-state index contributed by atoms with van der Waals surface area (Å²) < 4.78 is 0. The summed E-state index contributed by atoms with van der Waals surface area (Å²) in [6.45, 7) is 11.0. The molecule has 0 N–H and O–H groups in total. The molecule has 0 aliphatic heterocycles. The summed E-state index contributed by atoms with van der Waals surface area (Å²) in [7, 11) is 0. The average molecular weight is 183 g/mol. The maximum atomic E-state index is 11.4. The second-order valence-corrected chi connectivity index (χ2v) is 3.17. The fourth-order valence-corrected chi connectivity index (χ4v) is 1.16. The highest BCUT2D eigenvalue weighted by Crippen LogP contribution is 2.00. The summed E-state index contributed by atoms with van der Waals surface area (Å²) in [5, 5.41) is 0. The van der Waals surface area contributed by atoms with Gasteiger partial charge in [0.05, 0.1) is 0 Å². The molecule has 0 spiro atoms. The van der Waals surface area contributed by atoms with Gasteiger partial charge < -0.3 is 4.90 Å². The molecule has 0 heterocycles. The highest BCUT2D eigenvalue weighted by atomic mass is 16.1. The molecule has 0 aromatic heterocycles. The van der Waals surface area contributed by atoms with Gasteiger partial charge in [0.1, 0.15) is 0 Å². The van der Waals surface area contributed by atoms with Crippen LogP contribution in [0.15, 0.2) is 11.6 Å². The molecule has 0 aliphatic carbocycles. The number of ketones is 1. The third-order valence-corrected chi connectivity index (χ3v) is 2.42. The predicted molar refractivity (Wildman–Crippen MR) is 56.8 cm³/mol. The van der Waals surface area contributed by atoms with Gasteiger partial charge in [-0.05, 0) is 32.5 Å². The van der Waals surface area contributed by atoms with Gasteiger partial charge in [0.25, 0.3) is 0 Å². The van der Waals surface area contributed by atoms with Crippen LogP contribution in [0.5, 0.6) is 0 Å². The van der Waals surface area contributed by atoms with Gasteiger partial charge in [0.2, 0.25) is 0 Å². The summed E-state index contributed by atoms with van der Waals surface area (Å²) in [5.41, 5.74) is 0.882. The lowest BCUT2D eigenvalue weighted by atomic mass is 10.1. The van der Waals surface area contributed by atoms with Gasteiger partial charge in [-0.3, -0.25) is 4.79 Å². The molecule has 0 radical (unpaired) electrons. The third kappa shape index (κ3) is 4.83. The van der Waals surface area contributed by atoms with E-state index >= 15 is 0 Å². The van der Waals surface area contributed by atoms with E-state index in [-0.39, 0.29) is 5.78 Å². The Kier molecular flexibility index (Phi) is 6.51. The molecule has 0 fully saturated rings. The van der Waals surface area contributed by atoms with Crippen molar-refractivity contribution < 1.29 is 4.79 Å². The Morgan fingerprint density at radius 1 is 1.31 bits per heavy atom. The van der Waals surface area contributed by atoms with Crippen LogP contribution in [0.25, 0.3) is 0 Å². The summed E-state index contributed by atoms with van der Waals surface area (Å²) in [4.78, 5) is 13.7. The summed E-state index contributed by atoms with van der Waals surface area (Å²) >= 11 is 0. The number of carbonyl (C=O) groups is 1. The van der Waals surface area contributed by atoms with Crippen molar-refractivity contribution in [3.8, 4) is 0 Å². The van der Waals surface area contributed by atoms with E-state index in [1.54, 1.807) is 0 Å². The predicted octanol–water partition coefficient (Wildman–Crippen LogP) is 2.25. The minimum absolute atomic E-state index is 0.273. The molecular formula is C11H21NO. The van der Waals surface area contributed by atoms with E-state index < -0.39 is 0 Å². The lowest BCUT2D eigenvalue weighted by Gasteiger charge is -2.16. The van der Waals surface area contributed by atoms with Crippen molar-refractivity contribution in [2.24, 2.45) is 0 Å². The largest absolute Gasteiger partial charge is 0.303 e. The topological polar surface area (TPSA) is 20.3 Å². The van der Waals surface area contributed by atoms with Crippen LogP contribution < -0.4 is 0 Å². The molecule has 2 nitrogen and oxygen atoms in total. The van der Waals surface area contributed by atoms with E-state index in [9.17, 15) is 4.79 Å². The minimum Gasteiger partial charge on any atom is -0.303 e. The van der Waals surface area contributed by atoms with Crippen LogP contribution in [0.4, 0.5) is 0 Å². The van der Waals surface area contributed by atoms with Gasteiger partial charge >= 0.3 is 0 Å². The van der Waals surface area contributed by atoms with E-state index in [1.165, 1.54) is 0 Å². The Morgan fingerprint density at radius 3 is 2.23 bits per heavy atom. The fourth-order valence-electron chi connectivity index (χ4n) is 1.16. The van der Waals surface area contributed by atoms with E-state index in [0.29, 0.717) is 6.42 Å². The van der Waals surface area contributed by atoms with Crippen LogP contribution in [-0.2, 0) is 4.79 Å². The van der Waals surface area contributed by atoms with Crippen molar-refractivity contribution in [1.29, 1.82) is 0 Å². The normalized spacial score (nSPS) is 12.2.